The molecule has 1 aromatic heterocycles. The third-order valence-corrected chi connectivity index (χ3v) is 4.46. The second kappa shape index (κ2) is 7.15. The lowest BCUT2D eigenvalue weighted by Crippen LogP contribution is -2.36. The molecule has 138 valence electrons. The third-order valence-electron chi connectivity index (χ3n) is 3.58. The Hall–Kier alpha value is -1.90. The van der Waals surface area contributed by atoms with Crippen molar-refractivity contribution in [3.8, 4) is 5.19 Å². The number of amides is 1. The molecule has 0 saturated carbocycles. The highest BCUT2D eigenvalue weighted by molar-refractivity contribution is 7.13. The number of ether oxygens (including phenoxy) is 1. The van der Waals surface area contributed by atoms with Gasteiger partial charge in [0.25, 0.3) is 11.1 Å². The predicted molar refractivity (Wildman–Crippen MR) is 88.0 cm³/mol. The molecular formula is C16H20F3N3O2S. The maximum atomic E-state index is 12.5. The van der Waals surface area contributed by atoms with Gasteiger partial charge < -0.3 is 9.64 Å². The minimum absolute atomic E-state index is 0.0659. The van der Waals surface area contributed by atoms with E-state index in [1.165, 1.54) is 0 Å². The van der Waals surface area contributed by atoms with Crippen molar-refractivity contribution in [1.82, 2.24) is 15.1 Å². The summed E-state index contributed by atoms with van der Waals surface area (Å²) in [7, 11) is 0. The quantitative estimate of drug-likeness (QED) is 0.779. The standard InChI is InChI=1S/C16H20F3N3O2S/c1-5-22(11-6-10(2)7-15(3,4)8-11)12(23)9-24-14-21-20-13(25-14)16(17,18)19/h6-7H,5,8-9H2,1-4H3. The van der Waals surface area contributed by atoms with Crippen LogP contribution < -0.4 is 4.74 Å². The van der Waals surface area contributed by atoms with E-state index >= 15 is 0 Å². The monoisotopic (exact) mass is 375 g/mol. The van der Waals surface area contributed by atoms with Crippen LogP contribution in [0.3, 0.4) is 0 Å². The molecule has 0 bridgehead atoms. The van der Waals surface area contributed by atoms with Gasteiger partial charge in [0.2, 0.25) is 5.01 Å². The van der Waals surface area contributed by atoms with Crippen molar-refractivity contribution in [2.75, 3.05) is 13.2 Å². The zero-order valence-corrected chi connectivity index (χ0v) is 15.3. The number of likely N-dealkylation sites (N-methyl/N-ethyl adjacent to an activating group) is 1. The van der Waals surface area contributed by atoms with E-state index in [0.29, 0.717) is 13.0 Å². The number of carbonyl (C=O) groups excluding carboxylic acids is 1. The van der Waals surface area contributed by atoms with Crippen molar-refractivity contribution < 1.29 is 22.7 Å². The second-order valence-corrected chi connectivity index (χ2v) is 7.43. The molecule has 1 aromatic rings. The molecule has 1 heterocycles. The number of hydrogen-bond acceptors (Lipinski definition) is 5. The predicted octanol–water partition coefficient (Wildman–Crippen LogP) is 4.04. The third kappa shape index (κ3) is 5.04. The lowest BCUT2D eigenvalue weighted by atomic mass is 9.81. The Labute approximate surface area is 148 Å². The van der Waals surface area contributed by atoms with Gasteiger partial charge in [-0.15, -0.1) is 5.10 Å². The van der Waals surface area contributed by atoms with Crippen LogP contribution in [0.4, 0.5) is 13.2 Å². The zero-order valence-electron chi connectivity index (χ0n) is 14.5. The number of halogens is 3. The average Bonchev–Trinajstić information content (AvgIpc) is 2.92. The molecule has 25 heavy (non-hydrogen) atoms. The van der Waals surface area contributed by atoms with Crippen molar-refractivity contribution in [2.45, 2.75) is 40.3 Å². The van der Waals surface area contributed by atoms with Gasteiger partial charge >= 0.3 is 6.18 Å². The Morgan fingerprint density at radius 3 is 2.60 bits per heavy atom. The van der Waals surface area contributed by atoms with E-state index in [4.69, 9.17) is 4.74 Å². The van der Waals surface area contributed by atoms with Crippen LogP contribution in [0, 0.1) is 5.41 Å². The fraction of sp³-hybridized carbons (Fsp3) is 0.562. The van der Waals surface area contributed by atoms with Gasteiger partial charge in [-0.2, -0.15) is 13.2 Å². The highest BCUT2D eigenvalue weighted by Gasteiger charge is 2.36. The largest absolute Gasteiger partial charge is 0.459 e. The molecular weight excluding hydrogens is 355 g/mol. The molecule has 0 aromatic carbocycles. The summed E-state index contributed by atoms with van der Waals surface area (Å²) < 4.78 is 42.6. The van der Waals surface area contributed by atoms with Crippen LogP contribution in [0.15, 0.2) is 23.4 Å². The first-order valence-electron chi connectivity index (χ1n) is 7.76. The Bertz CT molecular complexity index is 708. The summed E-state index contributed by atoms with van der Waals surface area (Å²) in [5.41, 5.74) is 1.87. The molecule has 2 rings (SSSR count). The Morgan fingerprint density at radius 2 is 2.08 bits per heavy atom. The summed E-state index contributed by atoms with van der Waals surface area (Å²) in [4.78, 5) is 14.0. The minimum Gasteiger partial charge on any atom is -0.459 e. The van der Waals surface area contributed by atoms with Crippen LogP contribution in [0.2, 0.25) is 0 Å². The highest BCUT2D eigenvalue weighted by Crippen LogP contribution is 2.35. The molecule has 0 saturated heterocycles. The Kier molecular flexibility index (Phi) is 5.55. The van der Waals surface area contributed by atoms with Crippen molar-refractivity contribution in [3.63, 3.8) is 0 Å². The van der Waals surface area contributed by atoms with Crippen molar-refractivity contribution in [3.05, 3.63) is 28.4 Å². The van der Waals surface area contributed by atoms with E-state index in [1.54, 1.807) is 4.90 Å². The summed E-state index contributed by atoms with van der Waals surface area (Å²) in [6.45, 7) is 8.03. The maximum absolute atomic E-state index is 12.5. The first-order chi connectivity index (χ1) is 11.5. The van der Waals surface area contributed by atoms with Crippen LogP contribution in [0.1, 0.15) is 39.1 Å². The zero-order chi connectivity index (χ0) is 18.8. The van der Waals surface area contributed by atoms with Crippen molar-refractivity contribution in [2.24, 2.45) is 5.41 Å². The highest BCUT2D eigenvalue weighted by atomic mass is 32.1. The number of alkyl halides is 3. The number of rotatable bonds is 5. The van der Waals surface area contributed by atoms with Crippen molar-refractivity contribution in [1.29, 1.82) is 0 Å². The van der Waals surface area contributed by atoms with E-state index in [2.05, 4.69) is 30.1 Å². The fourth-order valence-electron chi connectivity index (χ4n) is 2.79. The summed E-state index contributed by atoms with van der Waals surface area (Å²) in [6, 6.07) is 0. The first kappa shape index (κ1) is 19.4. The molecule has 0 unspecified atom stereocenters. The van der Waals surface area contributed by atoms with Gasteiger partial charge in [-0.3, -0.25) is 4.79 Å². The van der Waals surface area contributed by atoms with Crippen LogP contribution in [0.5, 0.6) is 5.19 Å². The van der Waals surface area contributed by atoms with Gasteiger partial charge in [-0.05, 0) is 31.8 Å². The number of allylic oxidation sites excluding steroid dienone is 4. The molecule has 0 atom stereocenters. The van der Waals surface area contributed by atoms with Crippen LogP contribution >= 0.6 is 11.3 Å². The molecule has 9 heteroatoms. The molecule has 5 nitrogen and oxygen atoms in total. The molecule has 0 spiro atoms. The molecule has 0 fully saturated rings. The van der Waals surface area contributed by atoms with Crippen LogP contribution in [-0.4, -0.2) is 34.2 Å². The van der Waals surface area contributed by atoms with E-state index in [1.807, 2.05) is 19.9 Å². The Balaban J connectivity index is 2.04. The molecule has 0 aliphatic heterocycles. The number of nitrogens with zero attached hydrogens (tertiary/aromatic N) is 3. The van der Waals surface area contributed by atoms with E-state index < -0.39 is 11.2 Å². The lowest BCUT2D eigenvalue weighted by molar-refractivity contribution is -0.138. The van der Waals surface area contributed by atoms with Gasteiger partial charge in [0, 0.05) is 12.2 Å². The smallest absolute Gasteiger partial charge is 0.445 e. The fourth-order valence-corrected chi connectivity index (χ4v) is 3.35. The Morgan fingerprint density at radius 1 is 1.40 bits per heavy atom. The van der Waals surface area contributed by atoms with E-state index in [0.717, 1.165) is 11.3 Å². The second-order valence-electron chi connectivity index (χ2n) is 6.49. The molecule has 1 amide bonds. The van der Waals surface area contributed by atoms with Gasteiger partial charge in [0.1, 0.15) is 0 Å². The normalized spacial score (nSPS) is 16.9. The number of carbonyl (C=O) groups is 1. The molecule has 0 N–H and O–H groups in total. The van der Waals surface area contributed by atoms with Crippen LogP contribution in [0.25, 0.3) is 0 Å². The van der Waals surface area contributed by atoms with Gasteiger partial charge in [-0.1, -0.05) is 41.9 Å². The molecule has 1 aliphatic carbocycles. The van der Waals surface area contributed by atoms with E-state index in [9.17, 15) is 18.0 Å². The number of aromatic nitrogens is 2. The summed E-state index contributed by atoms with van der Waals surface area (Å²) in [5.74, 6) is -0.331. The van der Waals surface area contributed by atoms with E-state index in [-0.39, 0.29) is 34.5 Å². The number of hydrogen-bond donors (Lipinski definition) is 0. The lowest BCUT2D eigenvalue weighted by Gasteiger charge is -2.33. The summed E-state index contributed by atoms with van der Waals surface area (Å²) >= 11 is 0.273. The topological polar surface area (TPSA) is 55.3 Å². The maximum Gasteiger partial charge on any atom is 0.445 e. The van der Waals surface area contributed by atoms with Gasteiger partial charge in [0.15, 0.2) is 6.61 Å². The minimum atomic E-state index is -4.57. The summed E-state index contributed by atoms with van der Waals surface area (Å²) in [5, 5.41) is 4.97. The van der Waals surface area contributed by atoms with Gasteiger partial charge in [-0.25, -0.2) is 0 Å². The average molecular weight is 375 g/mol. The molecule has 0 radical (unpaired) electrons. The summed E-state index contributed by atoms with van der Waals surface area (Å²) in [6.07, 6.45) is 0.215. The molecule has 1 aliphatic rings. The first-order valence-corrected chi connectivity index (χ1v) is 8.57. The SMILES string of the molecule is CCN(C(=O)COc1nnc(C(F)(F)F)s1)C1=CC(C)=CC(C)(C)C1. The van der Waals surface area contributed by atoms with Gasteiger partial charge in [0.05, 0.1) is 0 Å². The van der Waals surface area contributed by atoms with Crippen molar-refractivity contribution >= 4 is 17.2 Å². The van der Waals surface area contributed by atoms with Crippen LogP contribution in [-0.2, 0) is 11.0 Å².